The molecular formula is C12H23NO3. The second-order valence-corrected chi connectivity index (χ2v) is 4.66. The minimum atomic E-state index is -0.647. The summed E-state index contributed by atoms with van der Waals surface area (Å²) in [5.41, 5.74) is 0. The van der Waals surface area contributed by atoms with E-state index >= 15 is 0 Å². The number of rotatable bonds is 5. The van der Waals surface area contributed by atoms with E-state index in [4.69, 9.17) is 9.84 Å². The van der Waals surface area contributed by atoms with E-state index in [0.29, 0.717) is 12.1 Å². The highest BCUT2D eigenvalue weighted by molar-refractivity contribution is 5.70. The van der Waals surface area contributed by atoms with Crippen molar-refractivity contribution in [3.63, 3.8) is 0 Å². The van der Waals surface area contributed by atoms with Crippen LogP contribution in [0.5, 0.6) is 0 Å². The smallest absolute Gasteiger partial charge is 0.306 e. The maximum atomic E-state index is 10.9. The molecule has 1 fully saturated rings. The highest BCUT2D eigenvalue weighted by Gasteiger charge is 2.32. The molecule has 1 rings (SSSR count). The number of hydrogen-bond acceptors (Lipinski definition) is 3. The SMILES string of the molecule is CCC(COC)N1CCC(C(=O)O)CC1C. The monoisotopic (exact) mass is 229 g/mol. The van der Waals surface area contributed by atoms with Crippen LogP contribution in [0.25, 0.3) is 0 Å². The molecule has 0 aromatic carbocycles. The molecule has 3 unspecified atom stereocenters. The second-order valence-electron chi connectivity index (χ2n) is 4.66. The molecule has 1 N–H and O–H groups in total. The molecule has 0 aliphatic carbocycles. The van der Waals surface area contributed by atoms with Crippen molar-refractivity contribution in [1.82, 2.24) is 4.90 Å². The maximum absolute atomic E-state index is 10.9. The Balaban J connectivity index is 2.54. The molecule has 0 saturated carbocycles. The maximum Gasteiger partial charge on any atom is 0.306 e. The van der Waals surface area contributed by atoms with E-state index in [0.717, 1.165) is 32.4 Å². The van der Waals surface area contributed by atoms with Crippen molar-refractivity contribution in [2.45, 2.75) is 45.2 Å². The zero-order chi connectivity index (χ0) is 12.1. The van der Waals surface area contributed by atoms with Crippen molar-refractivity contribution in [2.24, 2.45) is 5.92 Å². The third-order valence-corrected chi connectivity index (χ3v) is 3.58. The Morgan fingerprint density at radius 3 is 2.75 bits per heavy atom. The standard InChI is InChI=1S/C12H23NO3/c1-4-11(8-16-3)13-6-5-10(12(14)15)7-9(13)2/h9-11H,4-8H2,1-3H3,(H,14,15). The Hall–Kier alpha value is -0.610. The van der Waals surface area contributed by atoms with Crippen LogP contribution < -0.4 is 0 Å². The van der Waals surface area contributed by atoms with Gasteiger partial charge in [0.15, 0.2) is 0 Å². The topological polar surface area (TPSA) is 49.8 Å². The van der Waals surface area contributed by atoms with Gasteiger partial charge in [-0.3, -0.25) is 9.69 Å². The van der Waals surface area contributed by atoms with Crippen molar-refractivity contribution < 1.29 is 14.6 Å². The molecule has 1 aliphatic heterocycles. The molecule has 0 aromatic heterocycles. The Kier molecular flexibility index (Phi) is 5.22. The number of piperidine rings is 1. The summed E-state index contributed by atoms with van der Waals surface area (Å²) in [5, 5.41) is 9.00. The summed E-state index contributed by atoms with van der Waals surface area (Å²) in [6.07, 6.45) is 2.57. The van der Waals surface area contributed by atoms with Crippen molar-refractivity contribution in [2.75, 3.05) is 20.3 Å². The average Bonchev–Trinajstić information content (AvgIpc) is 2.26. The van der Waals surface area contributed by atoms with E-state index in [9.17, 15) is 4.79 Å². The van der Waals surface area contributed by atoms with Crippen molar-refractivity contribution in [3.8, 4) is 0 Å². The molecule has 1 aliphatic rings. The first-order valence-corrected chi connectivity index (χ1v) is 6.07. The lowest BCUT2D eigenvalue weighted by molar-refractivity contribution is -0.144. The van der Waals surface area contributed by atoms with Crippen LogP contribution >= 0.6 is 0 Å². The van der Waals surface area contributed by atoms with Gasteiger partial charge in [0.05, 0.1) is 12.5 Å². The van der Waals surface area contributed by atoms with Crippen LogP contribution in [0.2, 0.25) is 0 Å². The Morgan fingerprint density at radius 1 is 1.62 bits per heavy atom. The van der Waals surface area contributed by atoms with Gasteiger partial charge in [0, 0.05) is 19.2 Å². The Bertz CT molecular complexity index is 232. The molecule has 0 bridgehead atoms. The number of nitrogens with zero attached hydrogens (tertiary/aromatic N) is 1. The molecule has 94 valence electrons. The van der Waals surface area contributed by atoms with Crippen LogP contribution in [-0.4, -0.2) is 48.3 Å². The summed E-state index contributed by atoms with van der Waals surface area (Å²) in [4.78, 5) is 13.3. The van der Waals surface area contributed by atoms with Crippen LogP contribution in [-0.2, 0) is 9.53 Å². The number of aliphatic carboxylic acids is 1. The fourth-order valence-corrected chi connectivity index (χ4v) is 2.60. The Labute approximate surface area is 97.6 Å². The van der Waals surface area contributed by atoms with Crippen LogP contribution in [0.15, 0.2) is 0 Å². The van der Waals surface area contributed by atoms with Gasteiger partial charge in [-0.15, -0.1) is 0 Å². The molecular weight excluding hydrogens is 206 g/mol. The summed E-state index contributed by atoms with van der Waals surface area (Å²) < 4.78 is 5.21. The average molecular weight is 229 g/mol. The van der Waals surface area contributed by atoms with E-state index in [-0.39, 0.29) is 5.92 Å². The number of ether oxygens (including phenoxy) is 1. The largest absolute Gasteiger partial charge is 0.481 e. The molecule has 1 heterocycles. The zero-order valence-corrected chi connectivity index (χ0v) is 10.5. The molecule has 0 radical (unpaired) electrons. The predicted octanol–water partition coefficient (Wildman–Crippen LogP) is 1.60. The number of methoxy groups -OCH3 is 1. The quantitative estimate of drug-likeness (QED) is 0.778. The summed E-state index contributed by atoms with van der Waals surface area (Å²) in [7, 11) is 1.72. The first-order chi connectivity index (χ1) is 7.60. The molecule has 3 atom stereocenters. The molecule has 16 heavy (non-hydrogen) atoms. The van der Waals surface area contributed by atoms with Gasteiger partial charge in [-0.05, 0) is 32.7 Å². The fraction of sp³-hybridized carbons (Fsp3) is 0.917. The van der Waals surface area contributed by atoms with Gasteiger partial charge in [0.25, 0.3) is 0 Å². The van der Waals surface area contributed by atoms with Gasteiger partial charge in [-0.25, -0.2) is 0 Å². The van der Waals surface area contributed by atoms with E-state index in [1.807, 2.05) is 0 Å². The molecule has 4 heteroatoms. The van der Waals surface area contributed by atoms with E-state index in [2.05, 4.69) is 18.7 Å². The zero-order valence-electron chi connectivity index (χ0n) is 10.5. The van der Waals surface area contributed by atoms with E-state index < -0.39 is 5.97 Å². The van der Waals surface area contributed by atoms with E-state index in [1.54, 1.807) is 7.11 Å². The van der Waals surface area contributed by atoms with E-state index in [1.165, 1.54) is 0 Å². The summed E-state index contributed by atoms with van der Waals surface area (Å²) in [6.45, 7) is 5.88. The normalized spacial score (nSPS) is 28.9. The van der Waals surface area contributed by atoms with Gasteiger partial charge in [-0.1, -0.05) is 6.92 Å². The number of hydrogen-bond donors (Lipinski definition) is 1. The molecule has 0 spiro atoms. The van der Waals surface area contributed by atoms with Crippen molar-refractivity contribution >= 4 is 5.97 Å². The highest BCUT2D eigenvalue weighted by Crippen LogP contribution is 2.25. The third kappa shape index (κ3) is 3.19. The highest BCUT2D eigenvalue weighted by atomic mass is 16.5. The molecule has 4 nitrogen and oxygen atoms in total. The lowest BCUT2D eigenvalue weighted by Gasteiger charge is -2.41. The van der Waals surface area contributed by atoms with Crippen LogP contribution in [0.4, 0.5) is 0 Å². The third-order valence-electron chi connectivity index (χ3n) is 3.58. The Morgan fingerprint density at radius 2 is 2.31 bits per heavy atom. The van der Waals surface area contributed by atoms with Gasteiger partial charge in [0.2, 0.25) is 0 Å². The summed E-state index contributed by atoms with van der Waals surface area (Å²) in [5.74, 6) is -0.808. The van der Waals surface area contributed by atoms with Crippen molar-refractivity contribution in [1.29, 1.82) is 0 Å². The minimum Gasteiger partial charge on any atom is -0.481 e. The minimum absolute atomic E-state index is 0.161. The number of carboxylic acid groups (broad SMARTS) is 1. The van der Waals surface area contributed by atoms with Crippen LogP contribution in [0.1, 0.15) is 33.1 Å². The van der Waals surface area contributed by atoms with Gasteiger partial charge >= 0.3 is 5.97 Å². The fourth-order valence-electron chi connectivity index (χ4n) is 2.60. The first-order valence-electron chi connectivity index (χ1n) is 6.07. The molecule has 0 aromatic rings. The van der Waals surface area contributed by atoms with Gasteiger partial charge < -0.3 is 9.84 Å². The lowest BCUT2D eigenvalue weighted by atomic mass is 9.90. The summed E-state index contributed by atoms with van der Waals surface area (Å²) in [6, 6.07) is 0.768. The second kappa shape index (κ2) is 6.21. The van der Waals surface area contributed by atoms with Gasteiger partial charge in [0.1, 0.15) is 0 Å². The van der Waals surface area contributed by atoms with Crippen molar-refractivity contribution in [3.05, 3.63) is 0 Å². The van der Waals surface area contributed by atoms with Crippen LogP contribution in [0.3, 0.4) is 0 Å². The number of carboxylic acids is 1. The molecule has 1 saturated heterocycles. The number of carbonyl (C=O) groups is 1. The van der Waals surface area contributed by atoms with Crippen LogP contribution in [0, 0.1) is 5.92 Å². The summed E-state index contributed by atoms with van der Waals surface area (Å²) >= 11 is 0. The lowest BCUT2D eigenvalue weighted by Crippen LogP contribution is -2.49. The number of likely N-dealkylation sites (tertiary alicyclic amines) is 1. The van der Waals surface area contributed by atoms with Gasteiger partial charge in [-0.2, -0.15) is 0 Å². The first kappa shape index (κ1) is 13.5. The molecule has 0 amide bonds. The predicted molar refractivity (Wildman–Crippen MR) is 62.5 cm³/mol.